The Bertz CT molecular complexity index is 536. The molecule has 0 aliphatic carbocycles. The number of halogens is 1. The number of thioether (sulfide) groups is 1. The van der Waals surface area contributed by atoms with Crippen LogP contribution < -0.4 is 0 Å². The predicted molar refractivity (Wildman–Crippen MR) is 73.6 cm³/mol. The molecule has 0 aliphatic heterocycles. The summed E-state index contributed by atoms with van der Waals surface area (Å²) in [5.41, 5.74) is 0. The minimum absolute atomic E-state index is 0.334. The van der Waals surface area contributed by atoms with E-state index < -0.39 is 0 Å². The van der Waals surface area contributed by atoms with Gasteiger partial charge >= 0.3 is 0 Å². The molecule has 9 heteroatoms. The smallest absolute Gasteiger partial charge is 0.181 e. The highest BCUT2D eigenvalue weighted by Gasteiger charge is 2.09. The van der Waals surface area contributed by atoms with E-state index in [1.165, 1.54) is 23.1 Å². The van der Waals surface area contributed by atoms with Crippen LogP contribution in [0.2, 0.25) is 5.15 Å². The summed E-state index contributed by atoms with van der Waals surface area (Å²) in [6, 6.07) is 1.70. The Morgan fingerprint density at radius 2 is 2.11 bits per heavy atom. The largest absolute Gasteiger partial charge is 0.377 e. The fraction of sp³-hybridized carbons (Fsp3) is 0.333. The van der Waals surface area contributed by atoms with E-state index in [1.54, 1.807) is 24.9 Å². The minimum atomic E-state index is 0.334. The Kier molecular flexibility index (Phi) is 5.19. The van der Waals surface area contributed by atoms with Crippen molar-refractivity contribution in [1.82, 2.24) is 20.2 Å². The molecule has 0 saturated carbocycles. The predicted octanol–water partition coefficient (Wildman–Crippen LogP) is 3.00. The summed E-state index contributed by atoms with van der Waals surface area (Å²) < 4.78 is 6.74. The van der Waals surface area contributed by atoms with Crippen LogP contribution in [0.4, 0.5) is 0 Å². The topological polar surface area (TPSA) is 60.8 Å². The highest BCUT2D eigenvalue weighted by atomic mass is 35.5. The molecule has 2 aromatic heterocycles. The zero-order chi connectivity index (χ0) is 13.0. The maximum Gasteiger partial charge on any atom is 0.181 e. The van der Waals surface area contributed by atoms with Crippen LogP contribution >= 0.6 is 46.5 Å². The first kappa shape index (κ1) is 14.0. The van der Waals surface area contributed by atoms with Crippen molar-refractivity contribution < 1.29 is 4.74 Å². The Labute approximate surface area is 122 Å². The average molecular weight is 321 g/mol. The Morgan fingerprint density at radius 3 is 2.78 bits per heavy atom. The lowest BCUT2D eigenvalue weighted by atomic mass is 10.6. The van der Waals surface area contributed by atoms with Crippen LogP contribution in [-0.2, 0) is 11.3 Å². The Morgan fingerprint density at radius 1 is 1.33 bits per heavy atom. The standard InChI is InChI=1S/C9H9ClN4OS3/c1-15-4-6-11-5(10)3-7(12-6)17-9-14-13-8(16-2)18-9/h3H,4H2,1-2H3. The average Bonchev–Trinajstić information content (AvgIpc) is 2.76. The fourth-order valence-electron chi connectivity index (χ4n) is 1.10. The lowest BCUT2D eigenvalue weighted by molar-refractivity contribution is 0.177. The van der Waals surface area contributed by atoms with Crippen molar-refractivity contribution in [3.8, 4) is 0 Å². The van der Waals surface area contributed by atoms with Gasteiger partial charge in [-0.05, 0) is 18.0 Å². The molecule has 0 unspecified atom stereocenters. The van der Waals surface area contributed by atoms with E-state index in [0.29, 0.717) is 17.6 Å². The first-order chi connectivity index (χ1) is 8.71. The summed E-state index contributed by atoms with van der Waals surface area (Å²) in [5, 5.41) is 9.22. The summed E-state index contributed by atoms with van der Waals surface area (Å²) in [6.45, 7) is 0.334. The van der Waals surface area contributed by atoms with Gasteiger partial charge in [0, 0.05) is 13.2 Å². The number of nitrogens with zero attached hydrogens (tertiary/aromatic N) is 4. The van der Waals surface area contributed by atoms with Crippen LogP contribution in [0.15, 0.2) is 19.8 Å². The van der Waals surface area contributed by atoms with Crippen LogP contribution in [0.5, 0.6) is 0 Å². The summed E-state index contributed by atoms with van der Waals surface area (Å²) in [4.78, 5) is 8.39. The van der Waals surface area contributed by atoms with Gasteiger partial charge in [0.15, 0.2) is 14.5 Å². The van der Waals surface area contributed by atoms with Crippen molar-refractivity contribution in [3.05, 3.63) is 17.0 Å². The van der Waals surface area contributed by atoms with E-state index in [1.807, 2.05) is 6.26 Å². The third-order valence-corrected chi connectivity index (χ3v) is 4.81. The molecule has 0 radical (unpaired) electrons. The molecular weight excluding hydrogens is 312 g/mol. The van der Waals surface area contributed by atoms with Crippen LogP contribution in [0.25, 0.3) is 0 Å². The van der Waals surface area contributed by atoms with Gasteiger partial charge in [0.1, 0.15) is 16.8 Å². The zero-order valence-electron chi connectivity index (χ0n) is 9.58. The molecule has 0 amide bonds. The van der Waals surface area contributed by atoms with Gasteiger partial charge < -0.3 is 4.74 Å². The molecule has 96 valence electrons. The van der Waals surface area contributed by atoms with Crippen LogP contribution in [-0.4, -0.2) is 33.5 Å². The highest BCUT2D eigenvalue weighted by Crippen LogP contribution is 2.32. The Hall–Kier alpha value is -0.410. The van der Waals surface area contributed by atoms with Crippen molar-refractivity contribution >= 4 is 46.5 Å². The molecule has 18 heavy (non-hydrogen) atoms. The molecule has 2 rings (SSSR count). The van der Waals surface area contributed by atoms with Crippen molar-refractivity contribution in [2.75, 3.05) is 13.4 Å². The number of ether oxygens (including phenoxy) is 1. The number of rotatable bonds is 5. The van der Waals surface area contributed by atoms with E-state index in [9.17, 15) is 0 Å². The molecule has 0 aliphatic rings. The molecule has 0 spiro atoms. The normalized spacial score (nSPS) is 10.8. The second-order valence-corrected chi connectivity index (χ2v) is 6.70. The second-order valence-electron chi connectivity index (χ2n) is 3.02. The number of methoxy groups -OCH3 is 1. The maximum absolute atomic E-state index is 5.93. The van der Waals surface area contributed by atoms with Crippen LogP contribution in [0.3, 0.4) is 0 Å². The van der Waals surface area contributed by atoms with Gasteiger partial charge in [-0.2, -0.15) is 0 Å². The van der Waals surface area contributed by atoms with Gasteiger partial charge in [0.05, 0.1) is 0 Å². The first-order valence-corrected chi connectivity index (χ1v) is 8.02. The van der Waals surface area contributed by atoms with Crippen molar-refractivity contribution in [3.63, 3.8) is 0 Å². The van der Waals surface area contributed by atoms with Crippen molar-refractivity contribution in [2.45, 2.75) is 20.3 Å². The molecule has 0 saturated heterocycles. The third-order valence-electron chi connectivity index (χ3n) is 1.75. The molecule has 0 bridgehead atoms. The molecule has 0 atom stereocenters. The van der Waals surface area contributed by atoms with E-state index >= 15 is 0 Å². The monoisotopic (exact) mass is 320 g/mol. The molecule has 5 nitrogen and oxygen atoms in total. The van der Waals surface area contributed by atoms with E-state index in [-0.39, 0.29) is 0 Å². The van der Waals surface area contributed by atoms with Gasteiger partial charge in [-0.1, -0.05) is 34.7 Å². The lowest BCUT2D eigenvalue weighted by Gasteiger charge is -2.02. The van der Waals surface area contributed by atoms with Crippen LogP contribution in [0, 0.1) is 0 Å². The Balaban J connectivity index is 2.17. The van der Waals surface area contributed by atoms with Crippen LogP contribution in [0.1, 0.15) is 5.82 Å². The quantitative estimate of drug-likeness (QED) is 0.620. The molecule has 0 fully saturated rings. The summed E-state index contributed by atoms with van der Waals surface area (Å²) in [6.07, 6.45) is 1.97. The van der Waals surface area contributed by atoms with Crippen molar-refractivity contribution in [2.24, 2.45) is 0 Å². The van der Waals surface area contributed by atoms with Gasteiger partial charge in [-0.25, -0.2) is 9.97 Å². The minimum Gasteiger partial charge on any atom is -0.377 e. The molecule has 0 N–H and O–H groups in total. The van der Waals surface area contributed by atoms with Gasteiger partial charge in [-0.15, -0.1) is 10.2 Å². The summed E-state index contributed by atoms with van der Waals surface area (Å²) in [7, 11) is 1.59. The van der Waals surface area contributed by atoms with Gasteiger partial charge in [-0.3, -0.25) is 0 Å². The van der Waals surface area contributed by atoms with E-state index in [4.69, 9.17) is 16.3 Å². The fourth-order valence-corrected chi connectivity index (χ4v) is 3.77. The summed E-state index contributed by atoms with van der Waals surface area (Å²) >= 11 is 10.4. The zero-order valence-corrected chi connectivity index (χ0v) is 12.8. The number of aromatic nitrogens is 4. The third kappa shape index (κ3) is 3.79. The number of hydrogen-bond donors (Lipinski definition) is 0. The highest BCUT2D eigenvalue weighted by molar-refractivity contribution is 8.02. The second kappa shape index (κ2) is 6.67. The molecule has 2 heterocycles. The lowest BCUT2D eigenvalue weighted by Crippen LogP contribution is -1.98. The molecular formula is C9H9ClN4OS3. The maximum atomic E-state index is 5.93. The molecule has 2 aromatic rings. The van der Waals surface area contributed by atoms with Gasteiger partial charge in [0.25, 0.3) is 0 Å². The van der Waals surface area contributed by atoms with Crippen molar-refractivity contribution in [1.29, 1.82) is 0 Å². The molecule has 0 aromatic carbocycles. The van der Waals surface area contributed by atoms with E-state index in [0.717, 1.165) is 13.7 Å². The summed E-state index contributed by atoms with van der Waals surface area (Å²) in [5.74, 6) is 0.558. The van der Waals surface area contributed by atoms with Gasteiger partial charge in [0.2, 0.25) is 0 Å². The van der Waals surface area contributed by atoms with E-state index in [2.05, 4.69) is 20.2 Å². The first-order valence-electron chi connectivity index (χ1n) is 4.79. The SMILES string of the molecule is COCc1nc(Cl)cc(Sc2nnc(SC)s2)n1. The number of hydrogen-bond acceptors (Lipinski definition) is 8.